The van der Waals surface area contributed by atoms with Crippen LogP contribution in [0, 0.1) is 5.92 Å². The Morgan fingerprint density at radius 2 is 2.21 bits per heavy atom. The number of hydrogen-bond acceptors (Lipinski definition) is 3. The van der Waals surface area contributed by atoms with Gasteiger partial charge in [0.25, 0.3) is 0 Å². The van der Waals surface area contributed by atoms with Crippen molar-refractivity contribution in [3.05, 3.63) is 30.1 Å². The summed E-state index contributed by atoms with van der Waals surface area (Å²) in [6, 6.07) is 5.20. The summed E-state index contributed by atoms with van der Waals surface area (Å²) < 4.78 is 7.15. The standard InChI is InChI=1S/C14H18N2O3/c1-9(2)12(7-19-3)16-8-15-11-6-4-5-10(13(11)16)14(17)18/h4-6,8-9,12H,7H2,1-3H3,(H,17,18). The second kappa shape index (κ2) is 5.40. The van der Waals surface area contributed by atoms with Gasteiger partial charge in [-0.15, -0.1) is 0 Å². The molecule has 0 aliphatic heterocycles. The molecule has 0 saturated carbocycles. The fourth-order valence-corrected chi connectivity index (χ4v) is 2.28. The summed E-state index contributed by atoms with van der Waals surface area (Å²) in [6.45, 7) is 4.69. The van der Waals surface area contributed by atoms with Crippen LogP contribution >= 0.6 is 0 Å². The van der Waals surface area contributed by atoms with Crippen molar-refractivity contribution in [3.63, 3.8) is 0 Å². The first-order valence-electron chi connectivity index (χ1n) is 6.24. The lowest BCUT2D eigenvalue weighted by molar-refractivity contribution is 0.0698. The number of nitrogens with zero attached hydrogens (tertiary/aromatic N) is 2. The van der Waals surface area contributed by atoms with Crippen LogP contribution in [-0.2, 0) is 4.74 Å². The summed E-state index contributed by atoms with van der Waals surface area (Å²) in [5.74, 6) is -0.619. The van der Waals surface area contributed by atoms with E-state index in [9.17, 15) is 9.90 Å². The molecule has 0 saturated heterocycles. The molecule has 2 rings (SSSR count). The number of carbonyl (C=O) groups is 1. The lowest BCUT2D eigenvalue weighted by Crippen LogP contribution is -2.20. The molecule has 2 aromatic rings. The van der Waals surface area contributed by atoms with Crippen LogP contribution in [0.3, 0.4) is 0 Å². The molecule has 5 heteroatoms. The lowest BCUT2D eigenvalue weighted by atomic mass is 10.0. The molecule has 0 radical (unpaired) electrons. The van der Waals surface area contributed by atoms with Crippen LogP contribution in [0.15, 0.2) is 24.5 Å². The fraction of sp³-hybridized carbons (Fsp3) is 0.429. The van der Waals surface area contributed by atoms with E-state index in [0.29, 0.717) is 23.6 Å². The van der Waals surface area contributed by atoms with Crippen molar-refractivity contribution >= 4 is 17.0 Å². The Morgan fingerprint density at radius 3 is 2.79 bits per heavy atom. The minimum absolute atomic E-state index is 0.0653. The number of hydrogen-bond donors (Lipinski definition) is 1. The Hall–Kier alpha value is -1.88. The first-order valence-corrected chi connectivity index (χ1v) is 6.24. The Labute approximate surface area is 111 Å². The van der Waals surface area contributed by atoms with Crippen molar-refractivity contribution in [2.75, 3.05) is 13.7 Å². The van der Waals surface area contributed by atoms with Gasteiger partial charge in [-0.25, -0.2) is 9.78 Å². The Kier molecular flexibility index (Phi) is 3.85. The maximum atomic E-state index is 11.3. The minimum atomic E-state index is -0.938. The van der Waals surface area contributed by atoms with Gasteiger partial charge in [-0.3, -0.25) is 0 Å². The third-order valence-corrected chi connectivity index (χ3v) is 3.29. The molecule has 0 spiro atoms. The molecule has 0 aliphatic carbocycles. The van der Waals surface area contributed by atoms with Gasteiger partial charge in [0.05, 0.1) is 35.6 Å². The van der Waals surface area contributed by atoms with E-state index in [2.05, 4.69) is 18.8 Å². The monoisotopic (exact) mass is 262 g/mol. The molecule has 1 N–H and O–H groups in total. The van der Waals surface area contributed by atoms with Crippen molar-refractivity contribution in [2.24, 2.45) is 5.92 Å². The molecule has 5 nitrogen and oxygen atoms in total. The molecule has 1 atom stereocenters. The predicted octanol–water partition coefficient (Wildman–Crippen LogP) is 2.58. The van der Waals surface area contributed by atoms with Crippen molar-refractivity contribution < 1.29 is 14.6 Å². The number of aromatic carboxylic acids is 1. The highest BCUT2D eigenvalue weighted by atomic mass is 16.5. The van der Waals surface area contributed by atoms with Crippen molar-refractivity contribution in [1.82, 2.24) is 9.55 Å². The summed E-state index contributed by atoms with van der Waals surface area (Å²) in [4.78, 5) is 15.6. The highest BCUT2D eigenvalue weighted by Crippen LogP contribution is 2.26. The fourth-order valence-electron chi connectivity index (χ4n) is 2.28. The molecule has 0 aliphatic rings. The van der Waals surface area contributed by atoms with Crippen LogP contribution in [-0.4, -0.2) is 34.3 Å². The van der Waals surface area contributed by atoms with Crippen LogP contribution in [0.1, 0.15) is 30.2 Å². The van der Waals surface area contributed by atoms with E-state index in [1.54, 1.807) is 25.6 Å². The maximum absolute atomic E-state index is 11.3. The Bertz CT molecular complexity index is 589. The Balaban J connectivity index is 2.63. The van der Waals surface area contributed by atoms with Gasteiger partial charge in [0.15, 0.2) is 0 Å². The average molecular weight is 262 g/mol. The molecular formula is C14H18N2O3. The summed E-state index contributed by atoms with van der Waals surface area (Å²) in [7, 11) is 1.65. The van der Waals surface area contributed by atoms with Gasteiger partial charge in [0, 0.05) is 7.11 Å². The largest absolute Gasteiger partial charge is 0.478 e. The number of rotatable bonds is 5. The molecular weight excluding hydrogens is 244 g/mol. The van der Waals surface area contributed by atoms with E-state index in [-0.39, 0.29) is 11.6 Å². The molecule has 19 heavy (non-hydrogen) atoms. The summed E-state index contributed by atoms with van der Waals surface area (Å²) in [6.07, 6.45) is 1.70. The molecule has 1 unspecified atom stereocenters. The summed E-state index contributed by atoms with van der Waals surface area (Å²) in [5, 5.41) is 9.30. The second-order valence-electron chi connectivity index (χ2n) is 4.90. The topological polar surface area (TPSA) is 64.4 Å². The zero-order chi connectivity index (χ0) is 14.0. The van der Waals surface area contributed by atoms with Gasteiger partial charge in [-0.2, -0.15) is 0 Å². The van der Waals surface area contributed by atoms with Gasteiger partial charge < -0.3 is 14.4 Å². The number of imidazole rings is 1. The van der Waals surface area contributed by atoms with E-state index in [1.807, 2.05) is 10.6 Å². The number of fused-ring (bicyclic) bond motifs is 1. The molecule has 1 heterocycles. The van der Waals surface area contributed by atoms with Crippen molar-refractivity contribution in [1.29, 1.82) is 0 Å². The zero-order valence-corrected chi connectivity index (χ0v) is 11.3. The number of benzene rings is 1. The quantitative estimate of drug-likeness (QED) is 0.899. The van der Waals surface area contributed by atoms with Crippen LogP contribution in [0.4, 0.5) is 0 Å². The van der Waals surface area contributed by atoms with Crippen molar-refractivity contribution in [3.8, 4) is 0 Å². The molecule has 102 valence electrons. The SMILES string of the molecule is COCC(C(C)C)n1cnc2cccc(C(=O)O)c21. The van der Waals surface area contributed by atoms with E-state index < -0.39 is 5.97 Å². The number of methoxy groups -OCH3 is 1. The minimum Gasteiger partial charge on any atom is -0.478 e. The highest BCUT2D eigenvalue weighted by molar-refractivity contribution is 6.01. The number of ether oxygens (including phenoxy) is 1. The van der Waals surface area contributed by atoms with E-state index in [0.717, 1.165) is 0 Å². The second-order valence-corrected chi connectivity index (χ2v) is 4.90. The average Bonchev–Trinajstić information content (AvgIpc) is 2.78. The zero-order valence-electron chi connectivity index (χ0n) is 11.3. The highest BCUT2D eigenvalue weighted by Gasteiger charge is 2.21. The molecule has 0 bridgehead atoms. The normalized spacial score (nSPS) is 13.1. The molecule has 0 amide bonds. The predicted molar refractivity (Wildman–Crippen MR) is 72.4 cm³/mol. The third kappa shape index (κ3) is 2.46. The van der Waals surface area contributed by atoms with Crippen molar-refractivity contribution in [2.45, 2.75) is 19.9 Å². The first-order chi connectivity index (χ1) is 9.06. The number of aromatic nitrogens is 2. The number of para-hydroxylation sites is 1. The van der Waals surface area contributed by atoms with Crippen LogP contribution in [0.5, 0.6) is 0 Å². The van der Waals surface area contributed by atoms with Gasteiger partial charge in [0.2, 0.25) is 0 Å². The van der Waals surface area contributed by atoms with E-state index >= 15 is 0 Å². The number of carboxylic acid groups (broad SMARTS) is 1. The first kappa shape index (κ1) is 13.5. The van der Waals surface area contributed by atoms with Crippen LogP contribution in [0.2, 0.25) is 0 Å². The van der Waals surface area contributed by atoms with E-state index in [1.165, 1.54) is 0 Å². The summed E-state index contributed by atoms with van der Waals surface area (Å²) in [5.41, 5.74) is 1.63. The van der Waals surface area contributed by atoms with Gasteiger partial charge in [-0.05, 0) is 18.1 Å². The van der Waals surface area contributed by atoms with Crippen LogP contribution in [0.25, 0.3) is 11.0 Å². The molecule has 0 fully saturated rings. The van der Waals surface area contributed by atoms with Gasteiger partial charge >= 0.3 is 5.97 Å². The van der Waals surface area contributed by atoms with Crippen LogP contribution < -0.4 is 0 Å². The van der Waals surface area contributed by atoms with E-state index in [4.69, 9.17) is 4.74 Å². The third-order valence-electron chi connectivity index (χ3n) is 3.29. The smallest absolute Gasteiger partial charge is 0.337 e. The van der Waals surface area contributed by atoms with Gasteiger partial charge in [0.1, 0.15) is 0 Å². The Morgan fingerprint density at radius 1 is 1.47 bits per heavy atom. The lowest BCUT2D eigenvalue weighted by Gasteiger charge is -2.22. The molecule has 1 aromatic heterocycles. The van der Waals surface area contributed by atoms with Gasteiger partial charge in [-0.1, -0.05) is 19.9 Å². The maximum Gasteiger partial charge on any atom is 0.337 e. The number of carboxylic acids is 1. The molecule has 1 aromatic carbocycles. The summed E-state index contributed by atoms with van der Waals surface area (Å²) >= 11 is 0.